The van der Waals surface area contributed by atoms with Crippen LogP contribution in [0.25, 0.3) is 0 Å². The highest BCUT2D eigenvalue weighted by Gasteiger charge is 2.33. The van der Waals surface area contributed by atoms with E-state index in [9.17, 15) is 4.79 Å². The second-order valence-corrected chi connectivity index (χ2v) is 4.12. The monoisotopic (exact) mass is 219 g/mol. The van der Waals surface area contributed by atoms with Gasteiger partial charge in [-0.1, -0.05) is 6.07 Å². The van der Waals surface area contributed by atoms with Gasteiger partial charge in [-0.15, -0.1) is 0 Å². The molecule has 2 atom stereocenters. The highest BCUT2D eigenvalue weighted by molar-refractivity contribution is 5.84. The van der Waals surface area contributed by atoms with Crippen LogP contribution in [0.5, 0.6) is 0 Å². The molecule has 1 aliphatic rings. The quantitative estimate of drug-likeness (QED) is 0.823. The van der Waals surface area contributed by atoms with Crippen molar-refractivity contribution < 1.29 is 4.79 Å². The Morgan fingerprint density at radius 2 is 2.44 bits per heavy atom. The van der Waals surface area contributed by atoms with Crippen LogP contribution in [0, 0.1) is 0 Å². The minimum Gasteiger partial charge on any atom is -0.334 e. The SMILES string of the molecule is CNC1CCN(C(C)c2cccnc2)C1=O. The van der Waals surface area contributed by atoms with Crippen molar-refractivity contribution in [3.63, 3.8) is 0 Å². The molecule has 2 unspecified atom stereocenters. The predicted octanol–water partition coefficient (Wildman–Crippen LogP) is 0.963. The van der Waals surface area contributed by atoms with Crippen molar-refractivity contribution in [3.05, 3.63) is 30.1 Å². The molecule has 4 nitrogen and oxygen atoms in total. The number of rotatable bonds is 3. The Morgan fingerprint density at radius 3 is 3.00 bits per heavy atom. The third-order valence-corrected chi connectivity index (χ3v) is 3.22. The van der Waals surface area contributed by atoms with Crippen LogP contribution in [0.15, 0.2) is 24.5 Å². The van der Waals surface area contributed by atoms with Crippen LogP contribution in [0.3, 0.4) is 0 Å². The van der Waals surface area contributed by atoms with E-state index < -0.39 is 0 Å². The lowest BCUT2D eigenvalue weighted by Crippen LogP contribution is -2.37. The molecule has 0 spiro atoms. The molecule has 86 valence electrons. The highest BCUT2D eigenvalue weighted by atomic mass is 16.2. The van der Waals surface area contributed by atoms with Gasteiger partial charge in [0, 0.05) is 18.9 Å². The summed E-state index contributed by atoms with van der Waals surface area (Å²) in [5.74, 6) is 0.193. The molecule has 0 bridgehead atoms. The first-order valence-corrected chi connectivity index (χ1v) is 5.61. The van der Waals surface area contributed by atoms with E-state index in [4.69, 9.17) is 0 Å². The highest BCUT2D eigenvalue weighted by Crippen LogP contribution is 2.24. The predicted molar refractivity (Wildman–Crippen MR) is 61.8 cm³/mol. The number of hydrogen-bond acceptors (Lipinski definition) is 3. The number of nitrogens with one attached hydrogen (secondary N) is 1. The first kappa shape index (κ1) is 11.1. The minimum absolute atomic E-state index is 0.0147. The number of likely N-dealkylation sites (N-methyl/N-ethyl adjacent to an activating group) is 1. The van der Waals surface area contributed by atoms with Crippen molar-refractivity contribution in [1.82, 2.24) is 15.2 Å². The number of aromatic nitrogens is 1. The van der Waals surface area contributed by atoms with Crippen LogP contribution in [0.1, 0.15) is 24.9 Å². The van der Waals surface area contributed by atoms with Crippen LogP contribution in [0.2, 0.25) is 0 Å². The molecule has 1 fully saturated rings. The van der Waals surface area contributed by atoms with Gasteiger partial charge in [-0.2, -0.15) is 0 Å². The van der Waals surface area contributed by atoms with Crippen LogP contribution in [0.4, 0.5) is 0 Å². The number of amides is 1. The van der Waals surface area contributed by atoms with Gasteiger partial charge in [-0.25, -0.2) is 0 Å². The molecule has 2 rings (SSSR count). The summed E-state index contributed by atoms with van der Waals surface area (Å²) in [5.41, 5.74) is 1.09. The zero-order chi connectivity index (χ0) is 11.5. The molecule has 0 saturated carbocycles. The van der Waals surface area contributed by atoms with Gasteiger partial charge < -0.3 is 10.2 Å². The molecule has 4 heteroatoms. The summed E-state index contributed by atoms with van der Waals surface area (Å²) in [6.07, 6.45) is 4.46. The van der Waals surface area contributed by atoms with Gasteiger partial charge in [0.2, 0.25) is 5.91 Å². The normalized spacial score (nSPS) is 22.5. The molecule has 0 aliphatic carbocycles. The molecule has 0 aromatic carbocycles. The third-order valence-electron chi connectivity index (χ3n) is 3.22. The second kappa shape index (κ2) is 4.61. The smallest absolute Gasteiger partial charge is 0.240 e. The standard InChI is InChI=1S/C12H17N3O/c1-9(10-4-3-6-14-8-10)15-7-5-11(13-2)12(15)16/h3-4,6,8-9,11,13H,5,7H2,1-2H3. The van der Waals surface area contributed by atoms with Crippen molar-refractivity contribution in [2.75, 3.05) is 13.6 Å². The Balaban J connectivity index is 2.12. The molecule has 1 saturated heterocycles. The van der Waals surface area contributed by atoms with Crippen molar-refractivity contribution in [1.29, 1.82) is 0 Å². The number of hydrogen-bond donors (Lipinski definition) is 1. The van der Waals surface area contributed by atoms with Crippen molar-refractivity contribution >= 4 is 5.91 Å². The van der Waals surface area contributed by atoms with Crippen LogP contribution in [-0.4, -0.2) is 35.4 Å². The fraction of sp³-hybridized carbons (Fsp3) is 0.500. The molecule has 1 aromatic heterocycles. The number of nitrogens with zero attached hydrogens (tertiary/aromatic N) is 2. The lowest BCUT2D eigenvalue weighted by atomic mass is 10.1. The summed E-state index contributed by atoms with van der Waals surface area (Å²) in [6, 6.07) is 4.01. The van der Waals surface area contributed by atoms with Crippen molar-refractivity contribution in [2.24, 2.45) is 0 Å². The lowest BCUT2D eigenvalue weighted by Gasteiger charge is -2.24. The zero-order valence-electron chi connectivity index (χ0n) is 9.68. The van der Waals surface area contributed by atoms with E-state index in [1.165, 1.54) is 0 Å². The van der Waals surface area contributed by atoms with E-state index in [2.05, 4.69) is 10.3 Å². The zero-order valence-corrected chi connectivity index (χ0v) is 9.68. The largest absolute Gasteiger partial charge is 0.334 e. The molecule has 0 radical (unpaired) electrons. The van der Waals surface area contributed by atoms with E-state index in [0.29, 0.717) is 0 Å². The lowest BCUT2D eigenvalue weighted by molar-refractivity contribution is -0.131. The first-order valence-electron chi connectivity index (χ1n) is 5.61. The molecule has 1 aliphatic heterocycles. The number of carbonyl (C=O) groups is 1. The number of likely N-dealkylation sites (tertiary alicyclic amines) is 1. The Kier molecular flexibility index (Phi) is 3.19. The maximum Gasteiger partial charge on any atom is 0.240 e. The summed E-state index contributed by atoms with van der Waals surface area (Å²) in [7, 11) is 1.83. The maximum atomic E-state index is 12.0. The Bertz CT molecular complexity index is 366. The Labute approximate surface area is 95.7 Å². The van der Waals surface area contributed by atoms with Gasteiger partial charge in [0.25, 0.3) is 0 Å². The van der Waals surface area contributed by atoms with Gasteiger partial charge in [-0.3, -0.25) is 9.78 Å². The summed E-state index contributed by atoms with van der Waals surface area (Å²) in [4.78, 5) is 18.0. The summed E-state index contributed by atoms with van der Waals surface area (Å²) < 4.78 is 0. The van der Waals surface area contributed by atoms with Crippen molar-refractivity contribution in [3.8, 4) is 0 Å². The topological polar surface area (TPSA) is 45.2 Å². The summed E-state index contributed by atoms with van der Waals surface area (Å²) >= 11 is 0. The van der Waals surface area contributed by atoms with E-state index in [-0.39, 0.29) is 18.0 Å². The molecular weight excluding hydrogens is 202 g/mol. The second-order valence-electron chi connectivity index (χ2n) is 4.12. The van der Waals surface area contributed by atoms with Gasteiger partial charge in [0.05, 0.1) is 12.1 Å². The van der Waals surface area contributed by atoms with Gasteiger partial charge in [0.15, 0.2) is 0 Å². The van der Waals surface area contributed by atoms with Gasteiger partial charge in [-0.05, 0) is 32.0 Å². The first-order chi connectivity index (χ1) is 7.74. The fourth-order valence-corrected chi connectivity index (χ4v) is 2.16. The van der Waals surface area contributed by atoms with Crippen LogP contribution >= 0.6 is 0 Å². The van der Waals surface area contributed by atoms with Gasteiger partial charge >= 0.3 is 0 Å². The van der Waals surface area contributed by atoms with Gasteiger partial charge in [0.1, 0.15) is 0 Å². The molecule has 1 N–H and O–H groups in total. The Morgan fingerprint density at radius 1 is 1.62 bits per heavy atom. The van der Waals surface area contributed by atoms with E-state index >= 15 is 0 Å². The fourth-order valence-electron chi connectivity index (χ4n) is 2.16. The molecule has 1 amide bonds. The molecular formula is C12H17N3O. The minimum atomic E-state index is -0.0147. The van der Waals surface area contributed by atoms with E-state index in [0.717, 1.165) is 18.5 Å². The average molecular weight is 219 g/mol. The third kappa shape index (κ3) is 1.93. The molecule has 1 aromatic rings. The van der Waals surface area contributed by atoms with Crippen molar-refractivity contribution in [2.45, 2.75) is 25.4 Å². The van der Waals surface area contributed by atoms with E-state index in [1.807, 2.05) is 37.2 Å². The van der Waals surface area contributed by atoms with E-state index in [1.54, 1.807) is 6.20 Å². The summed E-state index contributed by atoms with van der Waals surface area (Å²) in [5, 5.41) is 3.04. The average Bonchev–Trinajstić information content (AvgIpc) is 2.70. The maximum absolute atomic E-state index is 12.0. The van der Waals surface area contributed by atoms with Crippen LogP contribution in [-0.2, 0) is 4.79 Å². The number of carbonyl (C=O) groups excluding carboxylic acids is 1. The Hall–Kier alpha value is -1.42. The number of pyridine rings is 1. The summed E-state index contributed by atoms with van der Waals surface area (Å²) in [6.45, 7) is 2.87. The molecule has 2 heterocycles. The van der Waals surface area contributed by atoms with Crippen LogP contribution < -0.4 is 5.32 Å². The molecule has 16 heavy (non-hydrogen) atoms.